The van der Waals surface area contributed by atoms with Gasteiger partial charge in [0.05, 0.1) is 17.6 Å². The van der Waals surface area contributed by atoms with Gasteiger partial charge in [0, 0.05) is 32.5 Å². The number of hydrogen-bond donors (Lipinski definition) is 1. The van der Waals surface area contributed by atoms with Crippen LogP contribution in [0.25, 0.3) is 5.69 Å². The van der Waals surface area contributed by atoms with Crippen LogP contribution >= 0.6 is 0 Å². The molecule has 0 saturated carbocycles. The van der Waals surface area contributed by atoms with Crippen molar-refractivity contribution in [3.63, 3.8) is 0 Å². The van der Waals surface area contributed by atoms with E-state index < -0.39 is 0 Å². The zero-order valence-corrected chi connectivity index (χ0v) is 12.1. The average molecular weight is 272 g/mol. The molecule has 1 N–H and O–H groups in total. The molecule has 0 fully saturated rings. The smallest absolute Gasteiger partial charge is 0.255 e. The summed E-state index contributed by atoms with van der Waals surface area (Å²) >= 11 is 0. The molecule has 0 aliphatic carbocycles. The van der Waals surface area contributed by atoms with Crippen molar-refractivity contribution in [3.8, 4) is 5.69 Å². The predicted octanol–water partition coefficient (Wildman–Crippen LogP) is 1.47. The summed E-state index contributed by atoms with van der Waals surface area (Å²) in [5, 5.41) is 3.05. The summed E-state index contributed by atoms with van der Waals surface area (Å²) in [5.74, 6) is 0.0210. The van der Waals surface area contributed by atoms with Gasteiger partial charge in [-0.1, -0.05) is 11.6 Å². The van der Waals surface area contributed by atoms with E-state index in [0.29, 0.717) is 12.1 Å². The molecule has 1 aromatic heterocycles. The second kappa shape index (κ2) is 6.34. The van der Waals surface area contributed by atoms with Crippen LogP contribution in [0.15, 0.2) is 36.9 Å². The minimum Gasteiger partial charge on any atom is -0.340 e. The van der Waals surface area contributed by atoms with Gasteiger partial charge in [-0.05, 0) is 26.1 Å². The third-order valence-corrected chi connectivity index (χ3v) is 3.21. The van der Waals surface area contributed by atoms with Crippen molar-refractivity contribution in [1.82, 2.24) is 19.8 Å². The van der Waals surface area contributed by atoms with E-state index in [9.17, 15) is 4.79 Å². The van der Waals surface area contributed by atoms with Crippen LogP contribution in [0.4, 0.5) is 0 Å². The molecule has 5 nitrogen and oxygen atoms in total. The molecule has 0 atom stereocenters. The fourth-order valence-corrected chi connectivity index (χ4v) is 2.03. The monoisotopic (exact) mass is 272 g/mol. The minimum absolute atomic E-state index is 0.0210. The fourth-order valence-electron chi connectivity index (χ4n) is 2.03. The van der Waals surface area contributed by atoms with Crippen LogP contribution in [-0.2, 0) is 0 Å². The number of aromatic nitrogens is 2. The van der Waals surface area contributed by atoms with Gasteiger partial charge in [0.2, 0.25) is 0 Å². The molecule has 0 spiro atoms. The Balaban J connectivity index is 2.35. The molecule has 0 radical (unpaired) electrons. The first kappa shape index (κ1) is 14.3. The molecule has 0 saturated heterocycles. The van der Waals surface area contributed by atoms with E-state index in [0.717, 1.165) is 17.8 Å². The molecule has 20 heavy (non-hydrogen) atoms. The molecule has 2 rings (SSSR count). The van der Waals surface area contributed by atoms with Crippen molar-refractivity contribution >= 4 is 5.91 Å². The minimum atomic E-state index is 0.0210. The van der Waals surface area contributed by atoms with E-state index in [1.165, 1.54) is 0 Å². The molecule has 1 heterocycles. The molecule has 0 unspecified atom stereocenters. The van der Waals surface area contributed by atoms with Crippen LogP contribution in [-0.4, -0.2) is 47.5 Å². The number of rotatable bonds is 5. The highest BCUT2D eigenvalue weighted by molar-refractivity contribution is 5.97. The van der Waals surface area contributed by atoms with Crippen molar-refractivity contribution < 1.29 is 4.79 Å². The maximum atomic E-state index is 12.6. The lowest BCUT2D eigenvalue weighted by atomic mass is 10.1. The normalized spacial score (nSPS) is 10.6. The number of benzene rings is 1. The standard InChI is InChI=1S/C15H20N4O/c1-12-4-5-14(19-9-7-17-11-19)13(10-12)15(20)18(3)8-6-16-2/h4-5,7,9-11,16H,6,8H2,1-3H3. The Morgan fingerprint density at radius 1 is 1.45 bits per heavy atom. The summed E-state index contributed by atoms with van der Waals surface area (Å²) in [6.07, 6.45) is 5.25. The summed E-state index contributed by atoms with van der Waals surface area (Å²) in [6, 6.07) is 5.88. The Morgan fingerprint density at radius 2 is 2.25 bits per heavy atom. The van der Waals surface area contributed by atoms with E-state index >= 15 is 0 Å². The zero-order valence-electron chi connectivity index (χ0n) is 12.1. The van der Waals surface area contributed by atoms with Crippen molar-refractivity contribution in [3.05, 3.63) is 48.0 Å². The van der Waals surface area contributed by atoms with Crippen LogP contribution in [0.1, 0.15) is 15.9 Å². The molecule has 5 heteroatoms. The molecular weight excluding hydrogens is 252 g/mol. The van der Waals surface area contributed by atoms with E-state index in [1.54, 1.807) is 17.4 Å². The van der Waals surface area contributed by atoms with Gasteiger partial charge in [-0.25, -0.2) is 4.98 Å². The number of amides is 1. The van der Waals surface area contributed by atoms with E-state index in [2.05, 4.69) is 10.3 Å². The van der Waals surface area contributed by atoms with Crippen LogP contribution in [0.2, 0.25) is 0 Å². The highest BCUT2D eigenvalue weighted by Gasteiger charge is 2.16. The molecule has 0 bridgehead atoms. The Bertz CT molecular complexity index is 578. The van der Waals surface area contributed by atoms with Gasteiger partial charge in [0.15, 0.2) is 0 Å². The number of nitrogens with one attached hydrogen (secondary N) is 1. The maximum Gasteiger partial charge on any atom is 0.255 e. The Labute approximate surface area is 119 Å². The molecule has 0 aliphatic rings. The third-order valence-electron chi connectivity index (χ3n) is 3.21. The first-order chi connectivity index (χ1) is 9.63. The predicted molar refractivity (Wildman–Crippen MR) is 79.2 cm³/mol. The van der Waals surface area contributed by atoms with Gasteiger partial charge in [0.1, 0.15) is 0 Å². The summed E-state index contributed by atoms with van der Waals surface area (Å²) in [4.78, 5) is 18.4. The van der Waals surface area contributed by atoms with Crippen LogP contribution in [0.3, 0.4) is 0 Å². The second-order valence-electron chi connectivity index (χ2n) is 4.82. The maximum absolute atomic E-state index is 12.6. The number of hydrogen-bond acceptors (Lipinski definition) is 3. The number of imidazole rings is 1. The van der Waals surface area contributed by atoms with E-state index in [1.807, 2.05) is 50.0 Å². The molecule has 2 aromatic rings. The van der Waals surface area contributed by atoms with Crippen molar-refractivity contribution in [2.45, 2.75) is 6.92 Å². The Hall–Kier alpha value is -2.14. The topological polar surface area (TPSA) is 50.2 Å². The SMILES string of the molecule is CNCCN(C)C(=O)c1cc(C)ccc1-n1ccnc1. The Morgan fingerprint density at radius 3 is 2.90 bits per heavy atom. The fraction of sp³-hybridized carbons (Fsp3) is 0.333. The lowest BCUT2D eigenvalue weighted by Gasteiger charge is -2.19. The number of aryl methyl sites for hydroxylation is 1. The number of likely N-dealkylation sites (N-methyl/N-ethyl adjacent to an activating group) is 2. The molecule has 1 aromatic carbocycles. The second-order valence-corrected chi connectivity index (χ2v) is 4.82. The van der Waals surface area contributed by atoms with Gasteiger partial charge in [-0.2, -0.15) is 0 Å². The average Bonchev–Trinajstić information content (AvgIpc) is 2.97. The third kappa shape index (κ3) is 3.05. The Kier molecular flexibility index (Phi) is 4.53. The molecule has 106 valence electrons. The van der Waals surface area contributed by atoms with Crippen LogP contribution in [0.5, 0.6) is 0 Å². The molecular formula is C15H20N4O. The summed E-state index contributed by atoms with van der Waals surface area (Å²) < 4.78 is 1.86. The quantitative estimate of drug-likeness (QED) is 0.897. The zero-order chi connectivity index (χ0) is 14.5. The van der Waals surface area contributed by atoms with Crippen LogP contribution < -0.4 is 5.32 Å². The first-order valence-corrected chi connectivity index (χ1v) is 6.62. The summed E-state index contributed by atoms with van der Waals surface area (Å²) in [7, 11) is 3.70. The molecule has 0 aliphatic heterocycles. The summed E-state index contributed by atoms with van der Waals surface area (Å²) in [5.41, 5.74) is 2.62. The highest BCUT2D eigenvalue weighted by Crippen LogP contribution is 2.18. The van der Waals surface area contributed by atoms with Gasteiger partial charge in [0.25, 0.3) is 5.91 Å². The van der Waals surface area contributed by atoms with Gasteiger partial charge in [-0.15, -0.1) is 0 Å². The van der Waals surface area contributed by atoms with Crippen molar-refractivity contribution in [2.75, 3.05) is 27.2 Å². The van der Waals surface area contributed by atoms with E-state index in [-0.39, 0.29) is 5.91 Å². The largest absolute Gasteiger partial charge is 0.340 e. The van der Waals surface area contributed by atoms with Gasteiger partial charge >= 0.3 is 0 Å². The lowest BCUT2D eigenvalue weighted by Crippen LogP contribution is -2.33. The van der Waals surface area contributed by atoms with E-state index in [4.69, 9.17) is 0 Å². The summed E-state index contributed by atoms with van der Waals surface area (Å²) in [6.45, 7) is 3.43. The van der Waals surface area contributed by atoms with Crippen molar-refractivity contribution in [2.24, 2.45) is 0 Å². The van der Waals surface area contributed by atoms with Gasteiger partial charge in [-0.3, -0.25) is 4.79 Å². The highest BCUT2D eigenvalue weighted by atomic mass is 16.2. The first-order valence-electron chi connectivity index (χ1n) is 6.62. The lowest BCUT2D eigenvalue weighted by molar-refractivity contribution is 0.0797. The number of carbonyl (C=O) groups excluding carboxylic acids is 1. The van der Waals surface area contributed by atoms with Crippen molar-refractivity contribution in [1.29, 1.82) is 0 Å². The van der Waals surface area contributed by atoms with Crippen LogP contribution in [0, 0.1) is 6.92 Å². The molecule has 1 amide bonds. The van der Waals surface area contributed by atoms with Gasteiger partial charge < -0.3 is 14.8 Å². The number of carbonyl (C=O) groups is 1. The number of nitrogens with zero attached hydrogens (tertiary/aromatic N) is 3.